The van der Waals surface area contributed by atoms with Crippen molar-refractivity contribution in [2.24, 2.45) is 0 Å². The van der Waals surface area contributed by atoms with Crippen LogP contribution in [0.1, 0.15) is 40.5 Å². The lowest BCUT2D eigenvalue weighted by Gasteiger charge is -2.27. The average molecular weight is 502 g/mol. The molecule has 1 aliphatic heterocycles. The number of hydrogen-bond acceptors (Lipinski definition) is 6. The maximum Gasteiger partial charge on any atom is 0.259 e. The van der Waals surface area contributed by atoms with E-state index < -0.39 is 0 Å². The lowest BCUT2D eigenvalue weighted by Crippen LogP contribution is -2.44. The second-order valence-electron chi connectivity index (χ2n) is 9.04. The molecule has 0 spiro atoms. The summed E-state index contributed by atoms with van der Waals surface area (Å²) in [5, 5.41) is 6.28. The predicted molar refractivity (Wildman–Crippen MR) is 147 cm³/mol. The summed E-state index contributed by atoms with van der Waals surface area (Å²) >= 11 is 0. The van der Waals surface area contributed by atoms with Crippen LogP contribution in [0.4, 0.5) is 5.69 Å². The number of rotatable bonds is 12. The molecule has 7 nitrogen and oxygen atoms in total. The molecule has 0 aromatic heterocycles. The summed E-state index contributed by atoms with van der Waals surface area (Å²) in [5.74, 6) is 0.747. The van der Waals surface area contributed by atoms with Crippen LogP contribution in [0.2, 0.25) is 0 Å². The zero-order valence-electron chi connectivity index (χ0n) is 21.4. The Balaban J connectivity index is 1.53. The topological polar surface area (TPSA) is 79.9 Å². The summed E-state index contributed by atoms with van der Waals surface area (Å²) in [6.45, 7) is 7.95. The van der Waals surface area contributed by atoms with E-state index in [1.54, 1.807) is 18.2 Å². The van der Waals surface area contributed by atoms with Crippen molar-refractivity contribution in [1.29, 1.82) is 0 Å². The van der Waals surface area contributed by atoms with Crippen LogP contribution in [0.25, 0.3) is 11.1 Å². The molecular weight excluding hydrogens is 466 g/mol. The molecule has 1 amide bonds. The Bertz CT molecular complexity index is 1180. The van der Waals surface area contributed by atoms with Crippen LogP contribution in [-0.2, 0) is 0 Å². The minimum Gasteiger partial charge on any atom is -0.493 e. The van der Waals surface area contributed by atoms with Gasteiger partial charge in [0.2, 0.25) is 0 Å². The number of piperazine rings is 1. The highest BCUT2D eigenvalue weighted by molar-refractivity contribution is 6.08. The molecule has 2 N–H and O–H groups in total. The lowest BCUT2D eigenvalue weighted by molar-refractivity contribution is 0.102. The molecule has 0 saturated carbocycles. The highest BCUT2D eigenvalue weighted by Gasteiger charge is 2.17. The van der Waals surface area contributed by atoms with Gasteiger partial charge in [0.15, 0.2) is 6.29 Å². The second kappa shape index (κ2) is 13.6. The Morgan fingerprint density at radius 1 is 0.973 bits per heavy atom. The molecule has 1 aliphatic rings. The van der Waals surface area contributed by atoms with Gasteiger partial charge in [0.05, 0.1) is 17.9 Å². The Morgan fingerprint density at radius 3 is 2.54 bits per heavy atom. The maximum atomic E-state index is 13.5. The number of nitrogens with zero attached hydrogens (tertiary/aromatic N) is 1. The van der Waals surface area contributed by atoms with Crippen molar-refractivity contribution in [3.05, 3.63) is 77.9 Å². The van der Waals surface area contributed by atoms with Gasteiger partial charge in [-0.2, -0.15) is 0 Å². The molecule has 3 aromatic rings. The highest BCUT2D eigenvalue weighted by atomic mass is 16.5. The molecule has 37 heavy (non-hydrogen) atoms. The van der Waals surface area contributed by atoms with Crippen LogP contribution in [0.3, 0.4) is 0 Å². The summed E-state index contributed by atoms with van der Waals surface area (Å²) in [4.78, 5) is 27.6. The van der Waals surface area contributed by atoms with Gasteiger partial charge in [-0.05, 0) is 47.9 Å². The van der Waals surface area contributed by atoms with Crippen LogP contribution in [0, 0.1) is 0 Å². The van der Waals surface area contributed by atoms with E-state index in [4.69, 9.17) is 9.47 Å². The standard InChI is InChI=1S/C30H35N3O4/c1-2-3-18-37-29-12-11-26(36-19-17-33-15-13-31-14-16-33)21-27(29)30(35)32-28-20-24(9-10-25(28)22-34)23-7-5-4-6-8-23/h4-12,20-22,31H,2-3,13-19H2,1H3,(H,32,35). The Labute approximate surface area is 218 Å². The van der Waals surface area contributed by atoms with Crippen molar-refractivity contribution in [2.45, 2.75) is 19.8 Å². The second-order valence-corrected chi connectivity index (χ2v) is 9.04. The van der Waals surface area contributed by atoms with Crippen molar-refractivity contribution in [1.82, 2.24) is 10.2 Å². The smallest absolute Gasteiger partial charge is 0.259 e. The van der Waals surface area contributed by atoms with Gasteiger partial charge in [-0.15, -0.1) is 0 Å². The van der Waals surface area contributed by atoms with Crippen LogP contribution < -0.4 is 20.1 Å². The van der Waals surface area contributed by atoms with E-state index in [9.17, 15) is 9.59 Å². The first-order chi connectivity index (χ1) is 18.2. The molecule has 194 valence electrons. The van der Waals surface area contributed by atoms with E-state index >= 15 is 0 Å². The molecule has 4 rings (SSSR count). The minimum atomic E-state index is -0.354. The van der Waals surface area contributed by atoms with Crippen LogP contribution in [0.15, 0.2) is 66.7 Å². The fourth-order valence-electron chi connectivity index (χ4n) is 4.22. The molecule has 0 unspecified atom stereocenters. The van der Waals surface area contributed by atoms with Crippen molar-refractivity contribution in [3.8, 4) is 22.6 Å². The van der Waals surface area contributed by atoms with E-state index in [1.807, 2.05) is 48.5 Å². The van der Waals surface area contributed by atoms with Gasteiger partial charge in [-0.3, -0.25) is 14.5 Å². The fourth-order valence-corrected chi connectivity index (χ4v) is 4.22. The van der Waals surface area contributed by atoms with Crippen LogP contribution >= 0.6 is 0 Å². The quantitative estimate of drug-likeness (QED) is 0.272. The monoisotopic (exact) mass is 501 g/mol. The van der Waals surface area contributed by atoms with Gasteiger partial charge in [0.1, 0.15) is 18.1 Å². The maximum absolute atomic E-state index is 13.5. The number of nitrogens with one attached hydrogen (secondary N) is 2. The zero-order chi connectivity index (χ0) is 25.9. The van der Waals surface area contributed by atoms with Gasteiger partial charge in [0, 0.05) is 38.3 Å². The van der Waals surface area contributed by atoms with E-state index in [1.165, 1.54) is 0 Å². The molecule has 1 heterocycles. The van der Waals surface area contributed by atoms with Crippen LogP contribution in [-0.4, -0.2) is 63.0 Å². The molecule has 1 saturated heterocycles. The summed E-state index contributed by atoms with van der Waals surface area (Å²) in [6, 6.07) is 20.6. The number of unbranched alkanes of at least 4 members (excludes halogenated alkanes) is 1. The van der Waals surface area contributed by atoms with Crippen molar-refractivity contribution in [2.75, 3.05) is 51.3 Å². The number of aldehydes is 1. The number of ether oxygens (including phenoxy) is 2. The number of hydrogen-bond donors (Lipinski definition) is 2. The van der Waals surface area contributed by atoms with Gasteiger partial charge < -0.3 is 20.1 Å². The average Bonchev–Trinajstić information content (AvgIpc) is 2.94. The number of carbonyl (C=O) groups excluding carboxylic acids is 2. The van der Waals surface area contributed by atoms with Gasteiger partial charge in [-0.25, -0.2) is 0 Å². The lowest BCUT2D eigenvalue weighted by atomic mass is 10.0. The Hall–Kier alpha value is -3.68. The van der Waals surface area contributed by atoms with Gasteiger partial charge in [-0.1, -0.05) is 49.7 Å². The van der Waals surface area contributed by atoms with Gasteiger partial charge >= 0.3 is 0 Å². The summed E-state index contributed by atoms with van der Waals surface area (Å²) < 4.78 is 11.9. The van der Waals surface area contributed by atoms with E-state index in [0.29, 0.717) is 41.5 Å². The Kier molecular flexibility index (Phi) is 9.68. The molecule has 0 bridgehead atoms. The molecule has 0 aliphatic carbocycles. The first kappa shape index (κ1) is 26.4. The predicted octanol–water partition coefficient (Wildman–Crippen LogP) is 4.88. The fraction of sp³-hybridized carbons (Fsp3) is 0.333. The molecule has 0 radical (unpaired) electrons. The first-order valence-corrected chi connectivity index (χ1v) is 13.0. The molecule has 0 atom stereocenters. The number of benzene rings is 3. The third kappa shape index (κ3) is 7.41. The van der Waals surface area contributed by atoms with Crippen molar-refractivity contribution >= 4 is 17.9 Å². The number of anilines is 1. The Morgan fingerprint density at radius 2 is 1.78 bits per heavy atom. The molecular formula is C30H35N3O4. The normalized spacial score (nSPS) is 13.6. The minimum absolute atomic E-state index is 0.354. The molecule has 1 fully saturated rings. The highest BCUT2D eigenvalue weighted by Crippen LogP contribution is 2.29. The SMILES string of the molecule is CCCCOc1ccc(OCCN2CCNCC2)cc1C(=O)Nc1cc(-c2ccccc2)ccc1C=O. The van der Waals surface area contributed by atoms with Crippen molar-refractivity contribution < 1.29 is 19.1 Å². The number of carbonyl (C=O) groups is 2. The van der Waals surface area contributed by atoms with E-state index in [0.717, 1.165) is 63.0 Å². The first-order valence-electron chi connectivity index (χ1n) is 13.0. The summed E-state index contributed by atoms with van der Waals surface area (Å²) in [7, 11) is 0. The molecule has 7 heteroatoms. The summed E-state index contributed by atoms with van der Waals surface area (Å²) in [6.07, 6.45) is 2.63. The van der Waals surface area contributed by atoms with Crippen LogP contribution in [0.5, 0.6) is 11.5 Å². The largest absolute Gasteiger partial charge is 0.493 e. The zero-order valence-corrected chi connectivity index (χ0v) is 21.4. The molecule has 3 aromatic carbocycles. The third-order valence-corrected chi connectivity index (χ3v) is 6.37. The third-order valence-electron chi connectivity index (χ3n) is 6.37. The van der Waals surface area contributed by atoms with E-state index in [-0.39, 0.29) is 5.91 Å². The van der Waals surface area contributed by atoms with E-state index in [2.05, 4.69) is 22.5 Å². The summed E-state index contributed by atoms with van der Waals surface area (Å²) in [5.41, 5.74) is 3.14. The van der Waals surface area contributed by atoms with Crippen molar-refractivity contribution in [3.63, 3.8) is 0 Å². The van der Waals surface area contributed by atoms with Gasteiger partial charge in [0.25, 0.3) is 5.91 Å². The number of amides is 1.